The van der Waals surface area contributed by atoms with Crippen LogP contribution < -0.4 is 5.73 Å². The van der Waals surface area contributed by atoms with E-state index in [4.69, 9.17) is 5.73 Å². The predicted molar refractivity (Wildman–Crippen MR) is 53.6 cm³/mol. The highest BCUT2D eigenvalue weighted by molar-refractivity contribution is 5.25. The first-order valence-electron chi connectivity index (χ1n) is 4.74. The second-order valence-electron chi connectivity index (χ2n) is 3.45. The van der Waals surface area contributed by atoms with E-state index in [1.54, 1.807) is 6.92 Å². The molecule has 0 aromatic carbocycles. The molecule has 0 radical (unpaired) electrons. The number of aliphatic hydroxyl groups is 2. The van der Waals surface area contributed by atoms with E-state index in [1.165, 1.54) is 6.20 Å². The van der Waals surface area contributed by atoms with Crippen molar-refractivity contribution in [3.8, 4) is 0 Å². The van der Waals surface area contributed by atoms with Crippen LogP contribution in [0.1, 0.15) is 23.7 Å². The second kappa shape index (κ2) is 5.16. The molecule has 2 atom stereocenters. The molecule has 1 rings (SSSR count). The SMILES string of the molecule is Cc1cnc(F)cc1C(O)C(O)CCN. The first-order valence-corrected chi connectivity index (χ1v) is 4.74. The van der Waals surface area contributed by atoms with Crippen LogP contribution in [0.15, 0.2) is 12.3 Å². The molecular formula is C10H15FN2O2. The van der Waals surface area contributed by atoms with Gasteiger partial charge in [-0.2, -0.15) is 4.39 Å². The minimum absolute atomic E-state index is 0.268. The number of pyridine rings is 1. The van der Waals surface area contributed by atoms with Gasteiger partial charge in [0, 0.05) is 6.20 Å². The summed E-state index contributed by atoms with van der Waals surface area (Å²) in [6.07, 6.45) is -0.505. The number of halogens is 1. The number of aliphatic hydroxyl groups excluding tert-OH is 2. The van der Waals surface area contributed by atoms with Crippen LogP contribution in [0.25, 0.3) is 0 Å². The zero-order valence-corrected chi connectivity index (χ0v) is 8.52. The number of aromatic nitrogens is 1. The molecule has 0 spiro atoms. The van der Waals surface area contributed by atoms with E-state index < -0.39 is 18.2 Å². The summed E-state index contributed by atoms with van der Waals surface area (Å²) in [5.41, 5.74) is 6.25. The quantitative estimate of drug-likeness (QED) is 0.629. The largest absolute Gasteiger partial charge is 0.390 e. The fraction of sp³-hybridized carbons (Fsp3) is 0.500. The second-order valence-corrected chi connectivity index (χ2v) is 3.45. The third-order valence-corrected chi connectivity index (χ3v) is 2.26. The summed E-state index contributed by atoms with van der Waals surface area (Å²) in [6.45, 7) is 1.96. The lowest BCUT2D eigenvalue weighted by atomic mass is 9.99. The molecule has 4 nitrogen and oxygen atoms in total. The first kappa shape index (κ1) is 12.0. The van der Waals surface area contributed by atoms with Gasteiger partial charge in [0.2, 0.25) is 5.95 Å². The number of nitrogens with two attached hydrogens (primary N) is 1. The van der Waals surface area contributed by atoms with Crippen molar-refractivity contribution in [1.82, 2.24) is 4.98 Å². The minimum atomic E-state index is -1.12. The molecule has 0 aliphatic heterocycles. The summed E-state index contributed by atoms with van der Waals surface area (Å²) in [5.74, 6) is -0.672. The maximum absolute atomic E-state index is 12.8. The van der Waals surface area contributed by atoms with Crippen molar-refractivity contribution in [2.24, 2.45) is 5.73 Å². The molecule has 15 heavy (non-hydrogen) atoms. The van der Waals surface area contributed by atoms with Gasteiger partial charge in [-0.15, -0.1) is 0 Å². The summed E-state index contributed by atoms with van der Waals surface area (Å²) in [5, 5.41) is 19.2. The molecule has 0 saturated heterocycles. The number of hydrogen-bond acceptors (Lipinski definition) is 4. The predicted octanol–water partition coefficient (Wildman–Crippen LogP) is 0.272. The van der Waals surface area contributed by atoms with E-state index in [2.05, 4.69) is 4.98 Å². The lowest BCUT2D eigenvalue weighted by molar-refractivity contribution is 0.0144. The third kappa shape index (κ3) is 2.95. The Bertz CT molecular complexity index is 333. The molecule has 0 saturated carbocycles. The Hall–Kier alpha value is -1.04. The Labute approximate surface area is 87.6 Å². The normalized spacial score (nSPS) is 15.0. The topological polar surface area (TPSA) is 79.4 Å². The van der Waals surface area contributed by atoms with Crippen LogP contribution in [-0.4, -0.2) is 27.8 Å². The zero-order valence-electron chi connectivity index (χ0n) is 8.52. The highest BCUT2D eigenvalue weighted by atomic mass is 19.1. The number of hydrogen-bond donors (Lipinski definition) is 3. The van der Waals surface area contributed by atoms with Crippen LogP contribution >= 0.6 is 0 Å². The van der Waals surface area contributed by atoms with Gasteiger partial charge in [0.25, 0.3) is 0 Å². The van der Waals surface area contributed by atoms with Gasteiger partial charge < -0.3 is 15.9 Å². The van der Waals surface area contributed by atoms with Crippen LogP contribution in [0.3, 0.4) is 0 Å². The highest BCUT2D eigenvalue weighted by Gasteiger charge is 2.20. The average molecular weight is 214 g/mol. The number of nitrogens with zero attached hydrogens (tertiary/aromatic N) is 1. The molecule has 1 heterocycles. The summed E-state index contributed by atoms with van der Waals surface area (Å²) in [6, 6.07) is 1.12. The maximum Gasteiger partial charge on any atom is 0.213 e. The third-order valence-electron chi connectivity index (χ3n) is 2.26. The van der Waals surface area contributed by atoms with Gasteiger partial charge in [0.1, 0.15) is 6.10 Å². The summed E-state index contributed by atoms with van der Waals surface area (Å²) in [7, 11) is 0. The van der Waals surface area contributed by atoms with Gasteiger partial charge in [0.05, 0.1) is 6.10 Å². The molecule has 0 fully saturated rings. The van der Waals surface area contributed by atoms with Crippen molar-refractivity contribution in [1.29, 1.82) is 0 Å². The lowest BCUT2D eigenvalue weighted by Gasteiger charge is -2.18. The summed E-state index contributed by atoms with van der Waals surface area (Å²) >= 11 is 0. The zero-order chi connectivity index (χ0) is 11.4. The maximum atomic E-state index is 12.8. The molecule has 1 aromatic heterocycles. The monoisotopic (exact) mass is 214 g/mol. The van der Waals surface area contributed by atoms with Gasteiger partial charge in [-0.1, -0.05) is 0 Å². The number of aryl methyl sites for hydroxylation is 1. The van der Waals surface area contributed by atoms with Gasteiger partial charge in [0.15, 0.2) is 0 Å². The van der Waals surface area contributed by atoms with Gasteiger partial charge in [-0.05, 0) is 37.1 Å². The molecule has 0 aliphatic carbocycles. The van der Waals surface area contributed by atoms with Crippen molar-refractivity contribution < 1.29 is 14.6 Å². The van der Waals surface area contributed by atoms with Crippen molar-refractivity contribution >= 4 is 0 Å². The fourth-order valence-corrected chi connectivity index (χ4v) is 1.37. The Kier molecular flexibility index (Phi) is 4.14. The smallest absolute Gasteiger partial charge is 0.213 e. The molecule has 0 bridgehead atoms. The molecule has 5 heteroatoms. The summed E-state index contributed by atoms with van der Waals surface area (Å²) in [4.78, 5) is 3.44. The molecule has 84 valence electrons. The Morgan fingerprint density at radius 1 is 1.53 bits per heavy atom. The van der Waals surface area contributed by atoms with Crippen LogP contribution in [0.5, 0.6) is 0 Å². The summed E-state index contributed by atoms with van der Waals surface area (Å²) < 4.78 is 12.8. The Morgan fingerprint density at radius 2 is 2.20 bits per heavy atom. The van der Waals surface area contributed by atoms with Crippen LogP contribution in [0, 0.1) is 12.9 Å². The van der Waals surface area contributed by atoms with E-state index in [0.717, 1.165) is 6.07 Å². The van der Waals surface area contributed by atoms with Gasteiger partial charge in [-0.3, -0.25) is 0 Å². The molecule has 0 aliphatic rings. The molecular weight excluding hydrogens is 199 g/mol. The highest BCUT2D eigenvalue weighted by Crippen LogP contribution is 2.21. The van der Waals surface area contributed by atoms with Crippen LogP contribution in [-0.2, 0) is 0 Å². The Morgan fingerprint density at radius 3 is 2.80 bits per heavy atom. The fourth-order valence-electron chi connectivity index (χ4n) is 1.37. The Balaban J connectivity index is 2.89. The molecule has 0 amide bonds. The average Bonchev–Trinajstić information content (AvgIpc) is 2.21. The van der Waals surface area contributed by atoms with Crippen molar-refractivity contribution in [2.45, 2.75) is 25.6 Å². The molecule has 2 unspecified atom stereocenters. The van der Waals surface area contributed by atoms with E-state index in [0.29, 0.717) is 11.1 Å². The van der Waals surface area contributed by atoms with Crippen LogP contribution in [0.4, 0.5) is 4.39 Å². The van der Waals surface area contributed by atoms with Gasteiger partial charge >= 0.3 is 0 Å². The minimum Gasteiger partial charge on any atom is -0.390 e. The lowest BCUT2D eigenvalue weighted by Crippen LogP contribution is -2.22. The molecule has 1 aromatic rings. The van der Waals surface area contributed by atoms with Crippen molar-refractivity contribution in [3.05, 3.63) is 29.3 Å². The van der Waals surface area contributed by atoms with Crippen molar-refractivity contribution in [2.75, 3.05) is 6.54 Å². The number of rotatable bonds is 4. The standard InChI is InChI=1S/C10H15FN2O2/c1-6-5-13-9(11)4-7(6)10(15)8(14)2-3-12/h4-5,8,10,14-15H,2-3,12H2,1H3. The van der Waals surface area contributed by atoms with E-state index in [1.807, 2.05) is 0 Å². The molecule has 4 N–H and O–H groups in total. The van der Waals surface area contributed by atoms with E-state index in [-0.39, 0.29) is 13.0 Å². The van der Waals surface area contributed by atoms with E-state index >= 15 is 0 Å². The van der Waals surface area contributed by atoms with Crippen LogP contribution in [0.2, 0.25) is 0 Å². The van der Waals surface area contributed by atoms with E-state index in [9.17, 15) is 14.6 Å². The first-order chi connectivity index (χ1) is 7.06. The van der Waals surface area contributed by atoms with Gasteiger partial charge in [-0.25, -0.2) is 4.98 Å². The van der Waals surface area contributed by atoms with Crippen molar-refractivity contribution in [3.63, 3.8) is 0 Å².